The van der Waals surface area contributed by atoms with Crippen LogP contribution in [-0.2, 0) is 16.6 Å². The van der Waals surface area contributed by atoms with Crippen molar-refractivity contribution < 1.29 is 17.5 Å². The van der Waals surface area contributed by atoms with Crippen molar-refractivity contribution in [3.8, 4) is 5.75 Å². The summed E-state index contributed by atoms with van der Waals surface area (Å²) >= 11 is 0. The summed E-state index contributed by atoms with van der Waals surface area (Å²) in [6, 6.07) is 10.9. The first kappa shape index (κ1) is 18.4. The monoisotopic (exact) mass is 351 g/mol. The van der Waals surface area contributed by atoms with Gasteiger partial charge in [0.05, 0.1) is 11.5 Å². The van der Waals surface area contributed by atoms with E-state index in [1.54, 1.807) is 31.2 Å². The van der Waals surface area contributed by atoms with Crippen molar-refractivity contribution in [1.82, 2.24) is 4.72 Å². The Bertz CT molecular complexity index is 773. The Kier molecular flexibility index (Phi) is 6.34. The molecular weight excluding hydrogens is 329 g/mol. The van der Waals surface area contributed by atoms with Gasteiger partial charge in [-0.3, -0.25) is 0 Å². The summed E-state index contributed by atoms with van der Waals surface area (Å²) in [4.78, 5) is 0.151. The van der Waals surface area contributed by atoms with E-state index in [1.165, 1.54) is 18.2 Å². The molecule has 0 saturated heterocycles. The van der Waals surface area contributed by atoms with E-state index in [0.29, 0.717) is 23.5 Å². The third kappa shape index (κ3) is 5.04. The molecule has 0 radical (unpaired) electrons. The average molecular weight is 351 g/mol. The van der Waals surface area contributed by atoms with Crippen molar-refractivity contribution >= 4 is 10.0 Å². The number of unbranched alkanes of at least 4 members (excludes halogenated alkanes) is 1. The van der Waals surface area contributed by atoms with Crippen LogP contribution >= 0.6 is 0 Å². The Labute approximate surface area is 142 Å². The van der Waals surface area contributed by atoms with Gasteiger partial charge in [0.2, 0.25) is 10.0 Å². The minimum Gasteiger partial charge on any atom is -0.494 e. The smallest absolute Gasteiger partial charge is 0.240 e. The number of nitrogens with one attached hydrogen (secondary N) is 1. The Hall–Kier alpha value is -1.92. The van der Waals surface area contributed by atoms with Crippen LogP contribution in [0.2, 0.25) is 0 Å². The second kappa shape index (κ2) is 8.26. The molecule has 6 heteroatoms. The van der Waals surface area contributed by atoms with E-state index < -0.39 is 10.0 Å². The van der Waals surface area contributed by atoms with Crippen LogP contribution in [0, 0.1) is 12.7 Å². The largest absolute Gasteiger partial charge is 0.494 e. The zero-order chi connectivity index (χ0) is 17.6. The molecule has 0 atom stereocenters. The maximum absolute atomic E-state index is 13.5. The molecule has 0 aromatic heterocycles. The lowest BCUT2D eigenvalue weighted by atomic mass is 10.1. The number of benzene rings is 2. The summed E-state index contributed by atoms with van der Waals surface area (Å²) < 4.78 is 46.1. The predicted molar refractivity (Wildman–Crippen MR) is 92.0 cm³/mol. The number of rotatable bonds is 8. The van der Waals surface area contributed by atoms with Crippen molar-refractivity contribution in [1.29, 1.82) is 0 Å². The first-order valence-electron chi connectivity index (χ1n) is 7.90. The Morgan fingerprint density at radius 1 is 1.12 bits per heavy atom. The van der Waals surface area contributed by atoms with Crippen LogP contribution in [0.15, 0.2) is 47.4 Å². The van der Waals surface area contributed by atoms with Crippen LogP contribution in [-0.4, -0.2) is 15.0 Å². The highest BCUT2D eigenvalue weighted by Crippen LogP contribution is 2.17. The summed E-state index contributed by atoms with van der Waals surface area (Å²) in [7, 11) is -3.65. The zero-order valence-corrected chi connectivity index (χ0v) is 14.7. The lowest BCUT2D eigenvalue weighted by Crippen LogP contribution is -2.23. The van der Waals surface area contributed by atoms with E-state index in [2.05, 4.69) is 11.6 Å². The topological polar surface area (TPSA) is 55.4 Å². The molecule has 0 unspecified atom stereocenters. The Balaban J connectivity index is 2.00. The molecule has 2 aromatic rings. The fourth-order valence-corrected chi connectivity index (χ4v) is 3.08. The van der Waals surface area contributed by atoms with E-state index >= 15 is 0 Å². The van der Waals surface area contributed by atoms with E-state index in [-0.39, 0.29) is 17.3 Å². The SMILES string of the molecule is CCCCOc1ccc(S(=O)(=O)NCc2ccc(C)c(F)c2)cc1. The fraction of sp³-hybridized carbons (Fsp3) is 0.333. The maximum Gasteiger partial charge on any atom is 0.240 e. The molecule has 0 aliphatic rings. The molecule has 2 rings (SSSR count). The summed E-state index contributed by atoms with van der Waals surface area (Å²) in [6.45, 7) is 4.38. The molecule has 0 saturated carbocycles. The van der Waals surface area contributed by atoms with Crippen molar-refractivity contribution in [3.05, 3.63) is 59.4 Å². The standard InChI is InChI=1S/C18H22FNO3S/c1-3-4-11-23-16-7-9-17(10-8-16)24(21,22)20-13-15-6-5-14(2)18(19)12-15/h5-10,12,20H,3-4,11,13H2,1-2H3. The summed E-state index contributed by atoms with van der Waals surface area (Å²) in [6.07, 6.45) is 1.99. The molecule has 0 fully saturated rings. The van der Waals surface area contributed by atoms with Crippen LogP contribution < -0.4 is 9.46 Å². The summed E-state index contributed by atoms with van der Waals surface area (Å²) in [5.74, 6) is 0.295. The Morgan fingerprint density at radius 2 is 1.83 bits per heavy atom. The zero-order valence-electron chi connectivity index (χ0n) is 13.9. The molecule has 24 heavy (non-hydrogen) atoms. The Morgan fingerprint density at radius 3 is 2.46 bits per heavy atom. The van der Waals surface area contributed by atoms with Gasteiger partial charge in [-0.2, -0.15) is 0 Å². The van der Waals surface area contributed by atoms with Gasteiger partial charge in [0.25, 0.3) is 0 Å². The van der Waals surface area contributed by atoms with Crippen LogP contribution in [0.5, 0.6) is 5.75 Å². The van der Waals surface area contributed by atoms with Gasteiger partial charge in [0, 0.05) is 6.54 Å². The van der Waals surface area contributed by atoms with Gasteiger partial charge in [-0.15, -0.1) is 0 Å². The number of hydrogen-bond acceptors (Lipinski definition) is 3. The van der Waals surface area contributed by atoms with Crippen molar-refractivity contribution in [2.24, 2.45) is 0 Å². The summed E-state index contributed by atoms with van der Waals surface area (Å²) in [5.41, 5.74) is 1.10. The molecule has 130 valence electrons. The van der Waals surface area contributed by atoms with Crippen LogP contribution in [0.1, 0.15) is 30.9 Å². The quantitative estimate of drug-likeness (QED) is 0.736. The molecule has 2 aromatic carbocycles. The van der Waals surface area contributed by atoms with Gasteiger partial charge < -0.3 is 4.74 Å². The number of ether oxygens (including phenoxy) is 1. The van der Waals surface area contributed by atoms with Crippen molar-refractivity contribution in [2.45, 2.75) is 38.1 Å². The third-order valence-electron chi connectivity index (χ3n) is 3.60. The number of hydrogen-bond donors (Lipinski definition) is 1. The highest BCUT2D eigenvalue weighted by atomic mass is 32.2. The molecule has 1 N–H and O–H groups in total. The molecule has 0 aliphatic carbocycles. The van der Waals surface area contributed by atoms with Gasteiger partial charge in [-0.05, 0) is 54.8 Å². The summed E-state index contributed by atoms with van der Waals surface area (Å²) in [5, 5.41) is 0. The molecule has 0 heterocycles. The normalized spacial score (nSPS) is 11.5. The number of halogens is 1. The lowest BCUT2D eigenvalue weighted by molar-refractivity contribution is 0.309. The second-order valence-corrected chi connectivity index (χ2v) is 7.35. The molecule has 0 amide bonds. The van der Waals surface area contributed by atoms with Gasteiger partial charge in [-0.1, -0.05) is 25.5 Å². The van der Waals surface area contributed by atoms with Crippen LogP contribution in [0.4, 0.5) is 4.39 Å². The van der Waals surface area contributed by atoms with E-state index in [0.717, 1.165) is 12.8 Å². The minimum absolute atomic E-state index is 0.0360. The fourth-order valence-electron chi connectivity index (χ4n) is 2.06. The highest BCUT2D eigenvalue weighted by Gasteiger charge is 2.14. The third-order valence-corrected chi connectivity index (χ3v) is 5.02. The average Bonchev–Trinajstić information content (AvgIpc) is 2.57. The van der Waals surface area contributed by atoms with Gasteiger partial charge in [0.1, 0.15) is 11.6 Å². The molecular formula is C18H22FNO3S. The van der Waals surface area contributed by atoms with E-state index in [9.17, 15) is 12.8 Å². The van der Waals surface area contributed by atoms with E-state index in [1.807, 2.05) is 0 Å². The maximum atomic E-state index is 13.5. The number of sulfonamides is 1. The van der Waals surface area contributed by atoms with Crippen molar-refractivity contribution in [3.63, 3.8) is 0 Å². The van der Waals surface area contributed by atoms with Crippen LogP contribution in [0.3, 0.4) is 0 Å². The minimum atomic E-state index is -3.65. The first-order chi connectivity index (χ1) is 11.4. The van der Waals surface area contributed by atoms with E-state index in [4.69, 9.17) is 4.74 Å². The lowest BCUT2D eigenvalue weighted by Gasteiger charge is -2.09. The molecule has 4 nitrogen and oxygen atoms in total. The molecule has 0 aliphatic heterocycles. The van der Waals surface area contributed by atoms with Gasteiger partial charge in [0.15, 0.2) is 0 Å². The van der Waals surface area contributed by atoms with Gasteiger partial charge in [-0.25, -0.2) is 17.5 Å². The van der Waals surface area contributed by atoms with Gasteiger partial charge >= 0.3 is 0 Å². The first-order valence-corrected chi connectivity index (χ1v) is 9.38. The molecule has 0 bridgehead atoms. The predicted octanol–water partition coefficient (Wildman–Crippen LogP) is 3.79. The second-order valence-electron chi connectivity index (χ2n) is 5.58. The van der Waals surface area contributed by atoms with Crippen molar-refractivity contribution in [2.75, 3.05) is 6.61 Å². The van der Waals surface area contributed by atoms with Crippen LogP contribution in [0.25, 0.3) is 0 Å². The number of aryl methyl sites for hydroxylation is 1. The highest BCUT2D eigenvalue weighted by molar-refractivity contribution is 7.89. The molecule has 0 spiro atoms.